The molecule has 0 saturated carbocycles. The van der Waals surface area contributed by atoms with Gasteiger partial charge in [-0.25, -0.2) is 9.97 Å². The molecule has 0 aliphatic heterocycles. The molecule has 0 radical (unpaired) electrons. The second kappa shape index (κ2) is 9.66. The molecule has 1 heterocycles. The van der Waals surface area contributed by atoms with E-state index in [1.807, 2.05) is 12.4 Å². The Balaban J connectivity index is 2.61. The lowest BCUT2D eigenvalue weighted by Crippen LogP contribution is -2.32. The number of hydrogen-bond acceptors (Lipinski definition) is 5. The zero-order chi connectivity index (χ0) is 14.8. The third-order valence-corrected chi connectivity index (χ3v) is 2.88. The van der Waals surface area contributed by atoms with E-state index in [-0.39, 0.29) is 0 Å². The van der Waals surface area contributed by atoms with Crippen molar-refractivity contribution in [1.82, 2.24) is 15.3 Å². The Morgan fingerprint density at radius 1 is 1.30 bits per heavy atom. The third kappa shape index (κ3) is 6.30. The molecule has 0 bridgehead atoms. The van der Waals surface area contributed by atoms with Gasteiger partial charge in [0.05, 0.1) is 6.61 Å². The van der Waals surface area contributed by atoms with E-state index in [0.29, 0.717) is 12.5 Å². The van der Waals surface area contributed by atoms with E-state index in [4.69, 9.17) is 4.74 Å². The van der Waals surface area contributed by atoms with Crippen LogP contribution in [0.15, 0.2) is 12.4 Å². The minimum atomic E-state index is 0.571. The highest BCUT2D eigenvalue weighted by Crippen LogP contribution is 2.09. The van der Waals surface area contributed by atoms with Crippen LogP contribution in [0.2, 0.25) is 0 Å². The predicted octanol–water partition coefficient (Wildman–Crippen LogP) is 2.08. The number of nitrogens with one attached hydrogen (secondary N) is 1. The number of nitrogens with zero attached hydrogens (tertiary/aromatic N) is 3. The zero-order valence-corrected chi connectivity index (χ0v) is 13.2. The molecule has 114 valence electrons. The highest BCUT2D eigenvalue weighted by Gasteiger charge is 2.11. The van der Waals surface area contributed by atoms with E-state index in [9.17, 15) is 0 Å². The van der Waals surface area contributed by atoms with Crippen LogP contribution in [-0.4, -0.2) is 43.3 Å². The summed E-state index contributed by atoms with van der Waals surface area (Å²) in [5, 5.41) is 3.35. The van der Waals surface area contributed by atoms with Crippen LogP contribution < -0.4 is 10.2 Å². The summed E-state index contributed by atoms with van der Waals surface area (Å²) in [4.78, 5) is 11.1. The summed E-state index contributed by atoms with van der Waals surface area (Å²) in [5.41, 5.74) is 1.12. The monoisotopic (exact) mass is 280 g/mol. The summed E-state index contributed by atoms with van der Waals surface area (Å²) in [5.74, 6) is 1.36. The highest BCUT2D eigenvalue weighted by atomic mass is 16.5. The minimum Gasteiger partial charge on any atom is -0.383 e. The Bertz CT molecular complexity index is 353. The van der Waals surface area contributed by atoms with Gasteiger partial charge in [0.2, 0.25) is 5.95 Å². The van der Waals surface area contributed by atoms with E-state index in [1.54, 1.807) is 7.11 Å². The molecule has 0 aliphatic rings. The lowest BCUT2D eigenvalue weighted by Gasteiger charge is -2.24. The summed E-state index contributed by atoms with van der Waals surface area (Å²) in [7, 11) is 1.72. The maximum atomic E-state index is 5.16. The van der Waals surface area contributed by atoms with E-state index in [2.05, 4.69) is 41.0 Å². The summed E-state index contributed by atoms with van der Waals surface area (Å²) in [6.45, 7) is 10.9. The Morgan fingerprint density at radius 2 is 2.00 bits per heavy atom. The maximum absolute atomic E-state index is 5.16. The lowest BCUT2D eigenvalue weighted by molar-refractivity contribution is 0.204. The molecule has 1 aromatic heterocycles. The number of anilines is 1. The SMILES string of the molecule is CCCNCc1cnc(N(CCOC)CC(C)C)nc1. The van der Waals surface area contributed by atoms with Gasteiger partial charge in [-0.15, -0.1) is 0 Å². The van der Waals surface area contributed by atoms with Crippen LogP contribution >= 0.6 is 0 Å². The first-order valence-electron chi connectivity index (χ1n) is 7.42. The van der Waals surface area contributed by atoms with Gasteiger partial charge < -0.3 is 15.0 Å². The van der Waals surface area contributed by atoms with Gasteiger partial charge in [0.1, 0.15) is 0 Å². The van der Waals surface area contributed by atoms with Crippen LogP contribution in [0.25, 0.3) is 0 Å². The van der Waals surface area contributed by atoms with Gasteiger partial charge in [-0.3, -0.25) is 0 Å². The van der Waals surface area contributed by atoms with Crippen molar-refractivity contribution in [3.8, 4) is 0 Å². The standard InChI is InChI=1S/C15H28N4O/c1-5-6-16-9-14-10-17-15(18-11-14)19(7-8-20-4)12-13(2)3/h10-11,13,16H,5-9,12H2,1-4H3. The fraction of sp³-hybridized carbons (Fsp3) is 0.733. The van der Waals surface area contributed by atoms with Gasteiger partial charge in [0.25, 0.3) is 0 Å². The number of hydrogen-bond donors (Lipinski definition) is 1. The Hall–Kier alpha value is -1.20. The van der Waals surface area contributed by atoms with Crippen molar-refractivity contribution in [2.45, 2.75) is 33.7 Å². The number of ether oxygens (including phenoxy) is 1. The Morgan fingerprint density at radius 3 is 2.55 bits per heavy atom. The molecule has 0 unspecified atom stereocenters. The molecule has 0 spiro atoms. The average Bonchev–Trinajstić information content (AvgIpc) is 2.44. The van der Waals surface area contributed by atoms with Crippen molar-refractivity contribution in [2.24, 2.45) is 5.92 Å². The van der Waals surface area contributed by atoms with E-state index < -0.39 is 0 Å². The van der Waals surface area contributed by atoms with E-state index >= 15 is 0 Å². The highest BCUT2D eigenvalue weighted by molar-refractivity contribution is 5.29. The van der Waals surface area contributed by atoms with Crippen LogP contribution in [0.1, 0.15) is 32.8 Å². The third-order valence-electron chi connectivity index (χ3n) is 2.88. The molecule has 0 aromatic carbocycles. The summed E-state index contributed by atoms with van der Waals surface area (Å²) in [6, 6.07) is 0. The van der Waals surface area contributed by atoms with Crippen LogP contribution in [0.4, 0.5) is 5.95 Å². The first-order chi connectivity index (χ1) is 9.67. The van der Waals surface area contributed by atoms with Crippen molar-refractivity contribution < 1.29 is 4.74 Å². The van der Waals surface area contributed by atoms with Crippen molar-refractivity contribution in [3.05, 3.63) is 18.0 Å². The van der Waals surface area contributed by atoms with E-state index in [1.165, 1.54) is 0 Å². The van der Waals surface area contributed by atoms with Gasteiger partial charge >= 0.3 is 0 Å². The fourth-order valence-electron chi connectivity index (χ4n) is 1.93. The second-order valence-electron chi connectivity index (χ2n) is 5.40. The number of methoxy groups -OCH3 is 1. The first kappa shape index (κ1) is 16.9. The smallest absolute Gasteiger partial charge is 0.225 e. The first-order valence-corrected chi connectivity index (χ1v) is 7.42. The fourth-order valence-corrected chi connectivity index (χ4v) is 1.93. The molecule has 1 aromatic rings. The van der Waals surface area contributed by atoms with Crippen LogP contribution in [0, 0.1) is 5.92 Å². The maximum Gasteiger partial charge on any atom is 0.225 e. The minimum absolute atomic E-state index is 0.571. The van der Waals surface area contributed by atoms with Crippen molar-refractivity contribution in [1.29, 1.82) is 0 Å². The summed E-state index contributed by atoms with van der Waals surface area (Å²) < 4.78 is 5.16. The molecule has 0 atom stereocenters. The number of aromatic nitrogens is 2. The quantitative estimate of drug-likeness (QED) is 0.665. The molecule has 1 N–H and O–H groups in total. The van der Waals surface area contributed by atoms with Crippen LogP contribution in [0.5, 0.6) is 0 Å². The molecule has 5 nitrogen and oxygen atoms in total. The molecule has 0 amide bonds. The Labute approximate surface area is 122 Å². The summed E-state index contributed by atoms with van der Waals surface area (Å²) >= 11 is 0. The molecular weight excluding hydrogens is 252 g/mol. The van der Waals surface area contributed by atoms with Crippen molar-refractivity contribution in [3.63, 3.8) is 0 Å². The molecular formula is C15H28N4O. The van der Waals surface area contributed by atoms with E-state index in [0.717, 1.165) is 44.1 Å². The van der Waals surface area contributed by atoms with Crippen LogP contribution in [0.3, 0.4) is 0 Å². The van der Waals surface area contributed by atoms with Gasteiger partial charge in [-0.05, 0) is 18.9 Å². The number of rotatable bonds is 10. The average molecular weight is 280 g/mol. The normalized spacial score (nSPS) is 11.1. The van der Waals surface area contributed by atoms with Gasteiger partial charge in [-0.1, -0.05) is 20.8 Å². The topological polar surface area (TPSA) is 50.3 Å². The largest absolute Gasteiger partial charge is 0.383 e. The van der Waals surface area contributed by atoms with Crippen LogP contribution in [-0.2, 0) is 11.3 Å². The van der Waals surface area contributed by atoms with Gasteiger partial charge in [0, 0.05) is 44.7 Å². The zero-order valence-electron chi connectivity index (χ0n) is 13.2. The molecule has 0 aliphatic carbocycles. The van der Waals surface area contributed by atoms with Gasteiger partial charge in [-0.2, -0.15) is 0 Å². The molecule has 20 heavy (non-hydrogen) atoms. The Kier molecular flexibility index (Phi) is 8.14. The van der Waals surface area contributed by atoms with Gasteiger partial charge in [0.15, 0.2) is 0 Å². The second-order valence-corrected chi connectivity index (χ2v) is 5.40. The molecule has 1 rings (SSSR count). The molecule has 0 fully saturated rings. The molecule has 5 heteroatoms. The van der Waals surface area contributed by atoms with Crippen molar-refractivity contribution >= 4 is 5.95 Å². The lowest BCUT2D eigenvalue weighted by atomic mass is 10.2. The summed E-state index contributed by atoms with van der Waals surface area (Å²) in [6.07, 6.45) is 4.95. The predicted molar refractivity (Wildman–Crippen MR) is 83.0 cm³/mol. The molecule has 0 saturated heterocycles. The van der Waals surface area contributed by atoms with Crippen molar-refractivity contribution in [2.75, 3.05) is 38.3 Å².